The largest absolute Gasteiger partial charge is 0.326 e. The third kappa shape index (κ3) is 1.44. The van der Waals surface area contributed by atoms with Gasteiger partial charge in [-0.3, -0.25) is 4.79 Å². The van der Waals surface area contributed by atoms with Gasteiger partial charge in [-0.2, -0.15) is 0 Å². The fourth-order valence-corrected chi connectivity index (χ4v) is 1.71. The highest BCUT2D eigenvalue weighted by atomic mass is 35.5. The minimum atomic E-state index is 0.0355. The van der Waals surface area contributed by atoms with E-state index in [0.717, 1.165) is 11.3 Å². The summed E-state index contributed by atoms with van der Waals surface area (Å²) in [7, 11) is 5.63. The third-order valence-corrected chi connectivity index (χ3v) is 2.60. The van der Waals surface area contributed by atoms with Crippen LogP contribution >= 0.6 is 11.6 Å². The van der Waals surface area contributed by atoms with Gasteiger partial charge in [0.25, 0.3) is 0 Å². The molecule has 1 heterocycles. The van der Waals surface area contributed by atoms with Crippen molar-refractivity contribution in [2.45, 2.75) is 12.8 Å². The molecule has 0 bridgehead atoms. The summed E-state index contributed by atoms with van der Waals surface area (Å²) in [5.74, 6) is 0.0355. The molecule has 0 saturated heterocycles. The Labute approximate surface area is 82.7 Å². The van der Waals surface area contributed by atoms with E-state index in [1.807, 2.05) is 0 Å². The molecule has 13 heavy (non-hydrogen) atoms. The van der Waals surface area contributed by atoms with E-state index in [1.54, 1.807) is 12.1 Å². The van der Waals surface area contributed by atoms with Crippen LogP contribution in [0, 0.1) is 0 Å². The molecular formula is C9H7BClNO. The molecule has 0 saturated carbocycles. The predicted octanol–water partition coefficient (Wildman–Crippen LogP) is 1.02. The summed E-state index contributed by atoms with van der Waals surface area (Å²) in [6.45, 7) is 0. The molecule has 0 unspecified atom stereocenters. The number of hydrogen-bond acceptors (Lipinski definition) is 1. The van der Waals surface area contributed by atoms with Gasteiger partial charge in [0.2, 0.25) is 5.91 Å². The van der Waals surface area contributed by atoms with Gasteiger partial charge in [-0.05, 0) is 18.1 Å². The maximum atomic E-state index is 11.0. The van der Waals surface area contributed by atoms with Crippen molar-refractivity contribution >= 4 is 36.5 Å². The molecule has 1 aliphatic heterocycles. The minimum absolute atomic E-state index is 0.0355. The molecule has 1 N–H and O–H groups in total. The number of anilines is 1. The highest BCUT2D eigenvalue weighted by Crippen LogP contribution is 2.27. The normalized spacial score (nSPS) is 15.0. The van der Waals surface area contributed by atoms with E-state index in [1.165, 1.54) is 0 Å². The highest BCUT2D eigenvalue weighted by molar-refractivity contribution is 6.45. The SMILES string of the molecule is [B]c1ccc2c(c1Cl)CCC(=O)N2. The van der Waals surface area contributed by atoms with Gasteiger partial charge in [0.15, 0.2) is 0 Å². The number of halogens is 1. The maximum Gasteiger partial charge on any atom is 0.224 e. The molecule has 2 radical (unpaired) electrons. The second-order valence-corrected chi connectivity index (χ2v) is 3.42. The Bertz CT molecular complexity index is 378. The Hall–Kier alpha value is -0.955. The van der Waals surface area contributed by atoms with E-state index in [4.69, 9.17) is 19.4 Å². The smallest absolute Gasteiger partial charge is 0.224 e. The number of carbonyl (C=O) groups is 1. The van der Waals surface area contributed by atoms with Crippen LogP contribution in [0.15, 0.2) is 12.1 Å². The summed E-state index contributed by atoms with van der Waals surface area (Å²) in [6.07, 6.45) is 1.15. The van der Waals surface area contributed by atoms with Gasteiger partial charge in [0, 0.05) is 17.1 Å². The van der Waals surface area contributed by atoms with Gasteiger partial charge in [-0.25, -0.2) is 0 Å². The standard InChI is InChI=1S/C9H7BClNO/c10-6-2-3-7-5(9(6)11)1-4-8(13)12-7/h2-3H,1,4H2,(H,12,13). The van der Waals surface area contributed by atoms with Gasteiger partial charge in [-0.1, -0.05) is 23.1 Å². The van der Waals surface area contributed by atoms with Crippen molar-refractivity contribution in [2.24, 2.45) is 0 Å². The quantitative estimate of drug-likeness (QED) is 0.610. The summed E-state index contributed by atoms with van der Waals surface area (Å²) >= 11 is 5.98. The number of fused-ring (bicyclic) bond motifs is 1. The Morgan fingerprint density at radius 2 is 2.15 bits per heavy atom. The van der Waals surface area contributed by atoms with Gasteiger partial charge in [0.05, 0.1) is 0 Å². The fraction of sp³-hybridized carbons (Fsp3) is 0.222. The Morgan fingerprint density at radius 3 is 2.92 bits per heavy atom. The molecule has 2 nitrogen and oxygen atoms in total. The number of amides is 1. The Balaban J connectivity index is 2.53. The molecule has 0 aromatic heterocycles. The van der Waals surface area contributed by atoms with Crippen LogP contribution in [-0.2, 0) is 11.2 Å². The topological polar surface area (TPSA) is 29.1 Å². The summed E-state index contributed by atoms with van der Waals surface area (Å²) in [5, 5.41) is 3.32. The van der Waals surface area contributed by atoms with Crippen LogP contribution in [0.5, 0.6) is 0 Å². The second kappa shape index (κ2) is 3.07. The molecule has 0 aliphatic carbocycles. The zero-order chi connectivity index (χ0) is 9.42. The van der Waals surface area contributed by atoms with Gasteiger partial charge in [-0.15, -0.1) is 0 Å². The van der Waals surface area contributed by atoms with Gasteiger partial charge in [0.1, 0.15) is 7.85 Å². The summed E-state index contributed by atoms with van der Waals surface area (Å²) in [5.41, 5.74) is 2.30. The van der Waals surface area contributed by atoms with E-state index in [-0.39, 0.29) is 5.91 Å². The molecule has 0 spiro atoms. The van der Waals surface area contributed by atoms with Crippen LogP contribution in [0.1, 0.15) is 12.0 Å². The molecule has 0 fully saturated rings. The second-order valence-electron chi connectivity index (χ2n) is 3.04. The van der Waals surface area contributed by atoms with Crippen molar-refractivity contribution in [1.29, 1.82) is 0 Å². The van der Waals surface area contributed by atoms with Crippen molar-refractivity contribution in [3.8, 4) is 0 Å². The zero-order valence-electron chi connectivity index (χ0n) is 6.93. The number of benzene rings is 1. The number of nitrogens with one attached hydrogen (secondary N) is 1. The molecule has 4 heteroatoms. The summed E-state index contributed by atoms with van der Waals surface area (Å²) in [4.78, 5) is 11.0. The Kier molecular flexibility index (Phi) is 2.04. The fourth-order valence-electron chi connectivity index (χ4n) is 1.45. The molecule has 64 valence electrons. The van der Waals surface area contributed by atoms with E-state index in [2.05, 4.69) is 5.32 Å². The van der Waals surface area contributed by atoms with Crippen molar-refractivity contribution < 1.29 is 4.79 Å². The van der Waals surface area contributed by atoms with Crippen molar-refractivity contribution in [3.63, 3.8) is 0 Å². The summed E-state index contributed by atoms with van der Waals surface area (Å²) < 4.78 is 0. The van der Waals surface area contributed by atoms with E-state index < -0.39 is 0 Å². The van der Waals surface area contributed by atoms with Crippen LogP contribution < -0.4 is 10.8 Å². The van der Waals surface area contributed by atoms with Crippen LogP contribution in [0.25, 0.3) is 0 Å². The molecule has 2 rings (SSSR count). The molecule has 1 aromatic carbocycles. The average molecular weight is 191 g/mol. The first-order valence-corrected chi connectivity index (χ1v) is 4.43. The lowest BCUT2D eigenvalue weighted by Gasteiger charge is -2.18. The first-order chi connectivity index (χ1) is 6.18. The lowest BCUT2D eigenvalue weighted by atomic mass is 9.90. The number of rotatable bonds is 0. The van der Waals surface area contributed by atoms with Crippen LogP contribution in [-0.4, -0.2) is 13.8 Å². The third-order valence-electron chi connectivity index (χ3n) is 2.15. The molecule has 1 amide bonds. The van der Waals surface area contributed by atoms with Crippen molar-refractivity contribution in [1.82, 2.24) is 0 Å². The summed E-state index contributed by atoms with van der Waals surface area (Å²) in [6, 6.07) is 3.49. The molecule has 1 aromatic rings. The zero-order valence-corrected chi connectivity index (χ0v) is 7.69. The lowest BCUT2D eigenvalue weighted by Crippen LogP contribution is -2.21. The molecule has 0 atom stereocenters. The van der Waals surface area contributed by atoms with Crippen LogP contribution in [0.3, 0.4) is 0 Å². The number of hydrogen-bond donors (Lipinski definition) is 1. The van der Waals surface area contributed by atoms with Crippen molar-refractivity contribution in [2.75, 3.05) is 5.32 Å². The van der Waals surface area contributed by atoms with Crippen molar-refractivity contribution in [3.05, 3.63) is 22.7 Å². The molecule has 1 aliphatic rings. The number of carbonyl (C=O) groups excluding carboxylic acids is 1. The maximum absolute atomic E-state index is 11.0. The lowest BCUT2D eigenvalue weighted by molar-refractivity contribution is -0.116. The highest BCUT2D eigenvalue weighted by Gasteiger charge is 2.17. The van der Waals surface area contributed by atoms with E-state index >= 15 is 0 Å². The average Bonchev–Trinajstić information content (AvgIpc) is 2.12. The van der Waals surface area contributed by atoms with E-state index in [9.17, 15) is 4.79 Å². The van der Waals surface area contributed by atoms with Gasteiger partial charge >= 0.3 is 0 Å². The van der Waals surface area contributed by atoms with Gasteiger partial charge < -0.3 is 5.32 Å². The molecular weight excluding hydrogens is 184 g/mol. The first kappa shape index (κ1) is 8.63. The minimum Gasteiger partial charge on any atom is -0.326 e. The van der Waals surface area contributed by atoms with E-state index in [0.29, 0.717) is 23.3 Å². The predicted molar refractivity (Wildman–Crippen MR) is 53.8 cm³/mol. The Morgan fingerprint density at radius 1 is 1.38 bits per heavy atom. The van der Waals surface area contributed by atoms with Crippen LogP contribution in [0.4, 0.5) is 5.69 Å². The monoisotopic (exact) mass is 191 g/mol. The van der Waals surface area contributed by atoms with Crippen LogP contribution in [0.2, 0.25) is 5.02 Å². The first-order valence-electron chi connectivity index (χ1n) is 4.05.